The van der Waals surface area contributed by atoms with Crippen molar-refractivity contribution in [3.05, 3.63) is 36.0 Å². The number of phosphoric ester groups is 1. The van der Waals surface area contributed by atoms with E-state index in [1.165, 1.54) is 83.5 Å². The van der Waals surface area contributed by atoms with Gasteiger partial charge in [0.2, 0.25) is 17.7 Å². The van der Waals surface area contributed by atoms with Gasteiger partial charge in [0.05, 0.1) is 38.9 Å². The average Bonchev–Trinajstić information content (AvgIpc) is 3.76. The molecule has 0 aliphatic rings. The Bertz CT molecular complexity index is 1740. The Labute approximate surface area is 429 Å². The number of ether oxygens (including phenoxy) is 2. The third kappa shape index (κ3) is 31.8. The zero-order valence-electron chi connectivity index (χ0n) is 45.0. The maximum atomic E-state index is 13.3. The highest BCUT2D eigenvalue weighted by molar-refractivity contribution is 7.47. The van der Waals surface area contributed by atoms with Gasteiger partial charge in [-0.25, -0.2) is 4.57 Å². The minimum atomic E-state index is -4.62. The van der Waals surface area contributed by atoms with Crippen molar-refractivity contribution >= 4 is 42.4 Å². The monoisotopic (exact) mass is 1020 g/mol. The number of fused-ring (bicyclic) bond motifs is 1. The number of amides is 3. The van der Waals surface area contributed by atoms with Crippen LogP contribution >= 0.6 is 7.82 Å². The molecule has 0 bridgehead atoms. The lowest BCUT2D eigenvalue weighted by atomic mass is 9.98. The molecule has 5 N–H and O–H groups in total. The molecule has 15 heteroatoms. The molecule has 408 valence electrons. The highest BCUT2D eigenvalue weighted by Gasteiger charge is 2.28. The van der Waals surface area contributed by atoms with Crippen LogP contribution in [0.2, 0.25) is 0 Å². The van der Waals surface area contributed by atoms with Crippen LogP contribution in [0.4, 0.5) is 0 Å². The lowest BCUT2D eigenvalue weighted by molar-refractivity contribution is -0.150. The molecule has 2 aromatic rings. The fraction of sp³-hybridized carbons (Fsp3) is 0.786. The van der Waals surface area contributed by atoms with Crippen LogP contribution in [0.1, 0.15) is 226 Å². The van der Waals surface area contributed by atoms with Gasteiger partial charge in [0.15, 0.2) is 0 Å². The van der Waals surface area contributed by atoms with E-state index in [0.29, 0.717) is 25.7 Å². The van der Waals surface area contributed by atoms with E-state index in [2.05, 4.69) is 41.7 Å². The molecule has 14 nitrogen and oxygen atoms in total. The van der Waals surface area contributed by atoms with Gasteiger partial charge in [0.1, 0.15) is 12.1 Å². The zero-order chi connectivity index (χ0) is 51.8. The molecule has 5 atom stereocenters. The molecule has 1 heterocycles. The quantitative estimate of drug-likeness (QED) is 0.0242. The molecule has 3 amide bonds. The number of rotatable bonds is 47. The number of para-hydroxylation sites is 1. The summed E-state index contributed by atoms with van der Waals surface area (Å²) < 4.78 is 35.8. The van der Waals surface area contributed by atoms with E-state index in [-0.39, 0.29) is 69.2 Å². The second-order valence-corrected chi connectivity index (χ2v) is 21.3. The van der Waals surface area contributed by atoms with Crippen LogP contribution in [0, 0.1) is 5.92 Å². The molecule has 0 radical (unpaired) electrons. The van der Waals surface area contributed by atoms with Crippen molar-refractivity contribution in [3.8, 4) is 0 Å². The Hall–Kier alpha value is -3.29. The van der Waals surface area contributed by atoms with Crippen LogP contribution in [-0.2, 0) is 48.7 Å². The molecule has 2 rings (SSSR count). The van der Waals surface area contributed by atoms with Gasteiger partial charge >= 0.3 is 13.8 Å². The first kappa shape index (κ1) is 63.8. The zero-order valence-corrected chi connectivity index (χ0v) is 45.9. The molecule has 0 fully saturated rings. The number of H-pyrrole nitrogens is 1. The van der Waals surface area contributed by atoms with Crippen molar-refractivity contribution < 1.29 is 47.2 Å². The van der Waals surface area contributed by atoms with Crippen molar-refractivity contribution in [2.75, 3.05) is 33.0 Å². The second kappa shape index (κ2) is 41.1. The summed E-state index contributed by atoms with van der Waals surface area (Å²) in [5.41, 5.74) is 1.75. The first-order valence-electron chi connectivity index (χ1n) is 28.2. The SMILES string of the molecule is CCCCCCCCCCCCCC(=O)NC(COCCC(CCCCCCC)OC(=O)CCCCCCCCCC)COP(=O)(O)OCCNC(=O)C(NC(=O)Cc1c[nH]c2ccccc12)C(C)CC. The van der Waals surface area contributed by atoms with Gasteiger partial charge in [-0.2, -0.15) is 0 Å². The van der Waals surface area contributed by atoms with E-state index in [4.69, 9.17) is 18.5 Å². The van der Waals surface area contributed by atoms with Crippen molar-refractivity contribution in [1.82, 2.24) is 20.9 Å². The van der Waals surface area contributed by atoms with Crippen LogP contribution in [0.25, 0.3) is 10.9 Å². The van der Waals surface area contributed by atoms with Crippen molar-refractivity contribution in [2.24, 2.45) is 5.92 Å². The summed E-state index contributed by atoms with van der Waals surface area (Å²) in [6.07, 6.45) is 31.8. The van der Waals surface area contributed by atoms with Gasteiger partial charge in [-0.1, -0.05) is 194 Å². The van der Waals surface area contributed by atoms with E-state index in [1.807, 2.05) is 38.1 Å². The van der Waals surface area contributed by atoms with E-state index < -0.39 is 25.8 Å². The number of aromatic nitrogens is 1. The minimum absolute atomic E-state index is 0.0124. The number of hydrogen-bond donors (Lipinski definition) is 5. The fourth-order valence-electron chi connectivity index (χ4n) is 8.75. The van der Waals surface area contributed by atoms with E-state index in [1.54, 1.807) is 6.20 Å². The fourth-order valence-corrected chi connectivity index (χ4v) is 9.52. The van der Waals surface area contributed by atoms with Crippen molar-refractivity contribution in [3.63, 3.8) is 0 Å². The summed E-state index contributed by atoms with van der Waals surface area (Å²) in [4.78, 5) is 66.3. The van der Waals surface area contributed by atoms with Gasteiger partial charge in [-0.15, -0.1) is 0 Å². The topological polar surface area (TPSA) is 194 Å². The lowest BCUT2D eigenvalue weighted by Crippen LogP contribution is -2.51. The Kier molecular flexibility index (Phi) is 37.0. The standard InChI is InChI=1S/C56H99N4O10P/c1-6-10-13-16-18-20-21-22-23-26-29-36-52(61)59-48(44-67-40-38-49(33-28-25-15-12-8-3)70-54(63)37-30-27-24-19-17-14-11-7-2)45-69-71(65,66)68-41-39-57-56(64)55(46(5)9-4)60-53(62)42-47-43-58-51-35-32-31-34-50(47)51/h31-32,34-35,43,46,48-49,55,58H,6-30,33,36-42,44-45H2,1-5H3,(H,57,64)(H,59,61)(H,60,62)(H,65,66). The lowest BCUT2D eigenvalue weighted by Gasteiger charge is -2.24. The number of esters is 1. The molecule has 0 aliphatic heterocycles. The third-order valence-electron chi connectivity index (χ3n) is 13.4. The Balaban J connectivity index is 1.93. The number of carbonyl (C=O) groups excluding carboxylic acids is 4. The van der Waals surface area contributed by atoms with E-state index in [9.17, 15) is 28.6 Å². The summed E-state index contributed by atoms with van der Waals surface area (Å²) >= 11 is 0. The maximum Gasteiger partial charge on any atom is 0.472 e. The molecular formula is C56H99N4O10P. The second-order valence-electron chi connectivity index (χ2n) is 19.8. The normalized spacial score (nSPS) is 14.1. The van der Waals surface area contributed by atoms with Crippen LogP contribution in [0.3, 0.4) is 0 Å². The first-order valence-corrected chi connectivity index (χ1v) is 29.7. The molecule has 0 aliphatic carbocycles. The number of unbranched alkanes of at least 4 members (excludes halogenated alkanes) is 21. The minimum Gasteiger partial charge on any atom is -0.462 e. The number of nitrogens with one attached hydrogen (secondary N) is 4. The number of carbonyl (C=O) groups is 4. The van der Waals surface area contributed by atoms with Crippen LogP contribution < -0.4 is 16.0 Å². The Morgan fingerprint density at radius 3 is 1.82 bits per heavy atom. The molecule has 1 aromatic carbocycles. The number of hydrogen-bond acceptors (Lipinski definition) is 9. The predicted octanol–water partition coefficient (Wildman–Crippen LogP) is 12.9. The largest absolute Gasteiger partial charge is 0.472 e. The maximum absolute atomic E-state index is 13.3. The van der Waals surface area contributed by atoms with Crippen LogP contribution in [-0.4, -0.2) is 84.7 Å². The van der Waals surface area contributed by atoms with Crippen LogP contribution in [0.15, 0.2) is 30.5 Å². The third-order valence-corrected chi connectivity index (χ3v) is 14.4. The smallest absolute Gasteiger partial charge is 0.462 e. The van der Waals surface area contributed by atoms with Gasteiger partial charge in [0, 0.05) is 42.9 Å². The highest BCUT2D eigenvalue weighted by Crippen LogP contribution is 2.43. The number of aromatic amines is 1. The summed E-state index contributed by atoms with van der Waals surface area (Å²) in [6, 6.07) is 6.13. The average molecular weight is 1020 g/mol. The number of benzene rings is 1. The molecule has 0 saturated heterocycles. The van der Waals surface area contributed by atoms with E-state index in [0.717, 1.165) is 93.5 Å². The summed E-state index contributed by atoms with van der Waals surface area (Å²) in [5, 5.41) is 9.48. The number of phosphoric acid groups is 1. The van der Waals surface area contributed by atoms with Crippen molar-refractivity contribution in [2.45, 2.75) is 245 Å². The molecule has 5 unspecified atom stereocenters. The van der Waals surface area contributed by atoms with Gasteiger partial charge in [0.25, 0.3) is 0 Å². The molecule has 71 heavy (non-hydrogen) atoms. The summed E-state index contributed by atoms with van der Waals surface area (Å²) in [6.45, 7) is 9.93. The molecule has 1 aromatic heterocycles. The molecule has 0 saturated carbocycles. The van der Waals surface area contributed by atoms with Crippen molar-refractivity contribution in [1.29, 1.82) is 0 Å². The van der Waals surface area contributed by atoms with Gasteiger partial charge < -0.3 is 35.3 Å². The summed E-state index contributed by atoms with van der Waals surface area (Å²) in [7, 11) is -4.62. The first-order chi connectivity index (χ1) is 34.4. The van der Waals surface area contributed by atoms with Gasteiger partial charge in [-0.05, 0) is 43.2 Å². The van der Waals surface area contributed by atoms with E-state index >= 15 is 0 Å². The molecular weight excluding hydrogens is 920 g/mol. The van der Waals surface area contributed by atoms with Crippen LogP contribution in [0.5, 0.6) is 0 Å². The predicted molar refractivity (Wildman–Crippen MR) is 287 cm³/mol. The molecule has 0 spiro atoms. The summed E-state index contributed by atoms with van der Waals surface area (Å²) in [5.74, 6) is -1.28. The highest BCUT2D eigenvalue weighted by atomic mass is 31.2. The van der Waals surface area contributed by atoms with Gasteiger partial charge in [-0.3, -0.25) is 28.2 Å². The Morgan fingerprint density at radius 2 is 1.21 bits per heavy atom. The Morgan fingerprint density at radius 1 is 0.648 bits per heavy atom.